The van der Waals surface area contributed by atoms with E-state index in [9.17, 15) is 23.1 Å². The van der Waals surface area contributed by atoms with Crippen molar-refractivity contribution in [1.82, 2.24) is 10.0 Å². The summed E-state index contributed by atoms with van der Waals surface area (Å²) in [5.74, 6) is 0.190. The van der Waals surface area contributed by atoms with Gasteiger partial charge in [0.1, 0.15) is 5.75 Å². The molecule has 0 unspecified atom stereocenters. The van der Waals surface area contributed by atoms with Crippen molar-refractivity contribution >= 4 is 82.6 Å². The third-order valence-corrected chi connectivity index (χ3v) is 11.5. The number of nitrogens with one attached hydrogen (secondary N) is 2. The van der Waals surface area contributed by atoms with Gasteiger partial charge in [0.05, 0.1) is 74.5 Å². The fourth-order valence-corrected chi connectivity index (χ4v) is 7.83. The predicted molar refractivity (Wildman–Crippen MR) is 225 cm³/mol. The van der Waals surface area contributed by atoms with Crippen molar-refractivity contribution in [2.75, 3.05) is 78.4 Å². The van der Waals surface area contributed by atoms with Crippen molar-refractivity contribution in [3.8, 4) is 17.2 Å². The quantitative estimate of drug-likeness (QED) is 0.0624. The largest absolute Gasteiger partial charge is 0.503 e. The Morgan fingerprint density at radius 1 is 0.842 bits per heavy atom. The van der Waals surface area contributed by atoms with E-state index in [1.54, 1.807) is 47.4 Å². The summed E-state index contributed by atoms with van der Waals surface area (Å²) >= 11 is 12.9. The van der Waals surface area contributed by atoms with Crippen LogP contribution in [-0.2, 0) is 35.4 Å². The van der Waals surface area contributed by atoms with Crippen LogP contribution in [0, 0.1) is 0 Å². The lowest BCUT2D eigenvalue weighted by molar-refractivity contribution is -0.113. The lowest BCUT2D eigenvalue weighted by atomic mass is 10.0. The second kappa shape index (κ2) is 21.1. The number of anilines is 1. The number of hydrogen-bond acceptors (Lipinski definition) is 10. The number of hydrogen-bond donors (Lipinski definition) is 3. The summed E-state index contributed by atoms with van der Waals surface area (Å²) in [5, 5.41) is 13.4. The highest BCUT2D eigenvalue weighted by atomic mass is 79.9. The smallest absolute Gasteiger partial charge is 0.259 e. The highest BCUT2D eigenvalue weighted by molar-refractivity contribution is 9.10. The summed E-state index contributed by atoms with van der Waals surface area (Å²) < 4.78 is 56.6. The molecule has 0 fully saturated rings. The predicted octanol–water partition coefficient (Wildman–Crippen LogP) is 6.48. The summed E-state index contributed by atoms with van der Waals surface area (Å²) in [6.07, 6.45) is 2.26. The number of phenolic OH excluding ortho intramolecular Hbond substituents is 1. The van der Waals surface area contributed by atoms with Crippen LogP contribution in [0.25, 0.3) is 11.6 Å². The molecular weight excluding hydrogens is 910 g/mol. The van der Waals surface area contributed by atoms with E-state index >= 15 is 0 Å². The number of sulfonamides is 1. The summed E-state index contributed by atoms with van der Waals surface area (Å²) in [6.45, 7) is 2.38. The van der Waals surface area contributed by atoms with Gasteiger partial charge in [0, 0.05) is 40.3 Å². The highest BCUT2D eigenvalue weighted by Crippen LogP contribution is 2.41. The highest BCUT2D eigenvalue weighted by Gasteiger charge is 2.32. The molecule has 3 N–H and O–H groups in total. The lowest BCUT2D eigenvalue weighted by Crippen LogP contribution is -2.30. The molecule has 4 aromatic rings. The van der Waals surface area contributed by atoms with Crippen molar-refractivity contribution in [2.24, 2.45) is 0 Å². The molecule has 0 saturated heterocycles. The van der Waals surface area contributed by atoms with Gasteiger partial charge in [0.25, 0.3) is 11.8 Å². The number of nitrogens with zero attached hydrogens (tertiary/aromatic N) is 1. The Bertz CT molecular complexity index is 2190. The van der Waals surface area contributed by atoms with Crippen LogP contribution in [0.15, 0.2) is 86.6 Å². The zero-order valence-corrected chi connectivity index (χ0v) is 35.9. The standard InChI is InChI=1S/C40H42Br2ClN3O10S/c1-52-36-10-6-29(43)25-33(36)39(48)44-12-11-26-3-7-30(8-4-26)57(50,51)45-13-15-54-17-19-56-20-18-55-16-14-46-35-9-5-28(41)24-31(35)32(40(46)49)21-27-22-34(42)38(47)37(23-27)53-2/h3-10,21-25,45,47H,11-20H2,1-2H3,(H,44,48)/b32-21+. The summed E-state index contributed by atoms with van der Waals surface area (Å²) in [7, 11) is -0.800. The summed E-state index contributed by atoms with van der Waals surface area (Å²) in [5.41, 5.74) is 3.92. The van der Waals surface area contributed by atoms with Gasteiger partial charge in [-0.25, -0.2) is 13.1 Å². The van der Waals surface area contributed by atoms with E-state index in [1.165, 1.54) is 32.4 Å². The minimum Gasteiger partial charge on any atom is -0.503 e. The van der Waals surface area contributed by atoms with E-state index in [1.807, 2.05) is 18.2 Å². The van der Waals surface area contributed by atoms with Crippen molar-refractivity contribution in [3.05, 3.63) is 109 Å². The van der Waals surface area contributed by atoms with E-state index in [-0.39, 0.29) is 54.6 Å². The van der Waals surface area contributed by atoms with E-state index in [4.69, 9.17) is 35.3 Å². The molecule has 0 spiro atoms. The first-order valence-corrected chi connectivity index (χ1v) is 21.2. The molecular formula is C40H42Br2ClN3O10S. The molecule has 0 bridgehead atoms. The molecule has 0 atom stereocenters. The molecule has 5 rings (SSSR count). The van der Waals surface area contributed by atoms with Crippen LogP contribution in [0.1, 0.15) is 27.0 Å². The Kier molecular flexibility index (Phi) is 16.4. The molecule has 0 aromatic heterocycles. The van der Waals surface area contributed by atoms with Crippen LogP contribution in [-0.4, -0.2) is 98.8 Å². The lowest BCUT2D eigenvalue weighted by Gasteiger charge is -2.17. The second-order valence-corrected chi connectivity index (χ2v) is 16.4. The number of rotatable bonds is 21. The van der Waals surface area contributed by atoms with Crippen LogP contribution in [0.5, 0.6) is 17.2 Å². The van der Waals surface area contributed by atoms with Gasteiger partial charge >= 0.3 is 0 Å². The van der Waals surface area contributed by atoms with Crippen LogP contribution in [0.2, 0.25) is 5.02 Å². The Labute approximate surface area is 353 Å². The molecule has 57 heavy (non-hydrogen) atoms. The van der Waals surface area contributed by atoms with Crippen molar-refractivity contribution in [1.29, 1.82) is 0 Å². The van der Waals surface area contributed by atoms with Gasteiger partial charge in [-0.1, -0.05) is 39.7 Å². The first-order chi connectivity index (χ1) is 27.4. The van der Waals surface area contributed by atoms with Crippen molar-refractivity contribution in [3.63, 3.8) is 0 Å². The number of amides is 2. The Balaban J connectivity index is 0.948. The van der Waals surface area contributed by atoms with Gasteiger partial charge in [0.2, 0.25) is 10.0 Å². The number of ether oxygens (including phenoxy) is 5. The average molecular weight is 952 g/mol. The Morgan fingerprint density at radius 2 is 1.53 bits per heavy atom. The first kappa shape index (κ1) is 44.1. The average Bonchev–Trinajstić information content (AvgIpc) is 3.44. The molecule has 4 aromatic carbocycles. The van der Waals surface area contributed by atoms with Gasteiger partial charge in [-0.05, 0) is 100 Å². The molecule has 1 aliphatic heterocycles. The fourth-order valence-electron chi connectivity index (χ4n) is 5.83. The first-order valence-electron chi connectivity index (χ1n) is 17.8. The van der Waals surface area contributed by atoms with E-state index in [2.05, 4.69) is 41.9 Å². The minimum atomic E-state index is -3.74. The zero-order valence-electron chi connectivity index (χ0n) is 31.2. The number of aromatic hydroxyl groups is 1. The van der Waals surface area contributed by atoms with Gasteiger partial charge in [-0.2, -0.15) is 0 Å². The van der Waals surface area contributed by atoms with Crippen LogP contribution in [0.3, 0.4) is 0 Å². The molecule has 0 saturated carbocycles. The summed E-state index contributed by atoms with van der Waals surface area (Å²) in [6, 6.07) is 20.3. The Hall–Kier alpha value is -4.00. The monoisotopic (exact) mass is 949 g/mol. The Morgan fingerprint density at radius 3 is 2.23 bits per heavy atom. The number of halogens is 3. The number of methoxy groups -OCH3 is 2. The maximum atomic E-state index is 13.5. The normalized spacial score (nSPS) is 13.2. The molecule has 0 aliphatic carbocycles. The maximum Gasteiger partial charge on any atom is 0.259 e. The molecule has 304 valence electrons. The van der Waals surface area contributed by atoms with Crippen LogP contribution < -0.4 is 24.4 Å². The molecule has 0 radical (unpaired) electrons. The number of benzene rings is 4. The van der Waals surface area contributed by atoms with E-state index < -0.39 is 10.0 Å². The molecule has 1 heterocycles. The van der Waals surface area contributed by atoms with Crippen molar-refractivity contribution in [2.45, 2.75) is 11.3 Å². The maximum absolute atomic E-state index is 13.5. The molecule has 13 nitrogen and oxygen atoms in total. The van der Waals surface area contributed by atoms with Gasteiger partial charge in [0.15, 0.2) is 11.5 Å². The minimum absolute atomic E-state index is 0.0203. The second-order valence-electron chi connectivity index (χ2n) is 12.5. The molecule has 1 aliphatic rings. The molecule has 2 amide bonds. The summed E-state index contributed by atoms with van der Waals surface area (Å²) in [4.78, 5) is 27.9. The van der Waals surface area contributed by atoms with Gasteiger partial charge < -0.3 is 39.0 Å². The molecule has 17 heteroatoms. The topological polar surface area (TPSA) is 162 Å². The third-order valence-electron chi connectivity index (χ3n) is 8.68. The van der Waals surface area contributed by atoms with Crippen molar-refractivity contribution < 1.29 is 46.8 Å². The van der Waals surface area contributed by atoms with E-state index in [0.717, 1.165) is 21.3 Å². The SMILES string of the molecule is COc1ccc(Cl)cc1C(=O)NCCc1ccc(S(=O)(=O)NCCOCCOCCOCCN2C(=O)/C(=C/c3cc(Br)c(O)c(OC)c3)c3cc(Br)ccc32)cc1. The van der Waals surface area contributed by atoms with Gasteiger partial charge in [-0.3, -0.25) is 9.59 Å². The van der Waals surface area contributed by atoms with Gasteiger partial charge in [-0.15, -0.1) is 0 Å². The third kappa shape index (κ3) is 12.0. The van der Waals surface area contributed by atoms with Crippen LogP contribution in [0.4, 0.5) is 5.69 Å². The number of carbonyl (C=O) groups is 2. The zero-order chi connectivity index (χ0) is 41.0. The van der Waals surface area contributed by atoms with E-state index in [0.29, 0.717) is 71.3 Å². The number of fused-ring (bicyclic) bond motifs is 1. The number of phenols is 1. The van der Waals surface area contributed by atoms with Crippen LogP contribution >= 0.6 is 43.5 Å². The fraction of sp³-hybridized carbons (Fsp3) is 0.300. The number of carbonyl (C=O) groups excluding carboxylic acids is 2.